The normalized spacial score (nSPS) is 10.9. The van der Waals surface area contributed by atoms with E-state index in [0.717, 1.165) is 5.56 Å². The summed E-state index contributed by atoms with van der Waals surface area (Å²) in [7, 11) is 0. The number of pyridine rings is 1. The lowest BCUT2D eigenvalue weighted by Gasteiger charge is -2.20. The number of carbonyl (C=O) groups is 2. The average molecular weight is 355 g/mol. The van der Waals surface area contributed by atoms with Gasteiger partial charge in [0.1, 0.15) is 5.82 Å². The Hall–Kier alpha value is -3.02. The molecule has 2 rings (SSSR count). The van der Waals surface area contributed by atoms with Gasteiger partial charge in [0.05, 0.1) is 5.69 Å². The molecule has 26 heavy (non-hydrogen) atoms. The van der Waals surface area contributed by atoms with Crippen LogP contribution in [0.15, 0.2) is 49.2 Å². The van der Waals surface area contributed by atoms with E-state index in [1.807, 2.05) is 20.8 Å². The molecule has 2 N–H and O–H groups in total. The van der Waals surface area contributed by atoms with Gasteiger partial charge in [-0.1, -0.05) is 12.6 Å². The Balaban J connectivity index is 2.22. The number of rotatable bonds is 5. The van der Waals surface area contributed by atoms with Crippen LogP contribution in [0.4, 0.5) is 4.39 Å². The Morgan fingerprint density at radius 1 is 1.23 bits per heavy atom. The van der Waals surface area contributed by atoms with Crippen molar-refractivity contribution in [3.8, 4) is 11.3 Å². The summed E-state index contributed by atoms with van der Waals surface area (Å²) in [6.07, 6.45) is 2.74. The molecule has 0 atom stereocenters. The van der Waals surface area contributed by atoms with Crippen LogP contribution in [0, 0.1) is 5.82 Å². The molecule has 0 bridgehead atoms. The lowest BCUT2D eigenvalue weighted by Crippen LogP contribution is -2.40. The van der Waals surface area contributed by atoms with E-state index < -0.39 is 5.82 Å². The molecule has 0 saturated heterocycles. The van der Waals surface area contributed by atoms with Crippen molar-refractivity contribution in [2.24, 2.45) is 0 Å². The molecule has 2 amide bonds. The maximum atomic E-state index is 14.2. The minimum absolute atomic E-state index is 0.244. The van der Waals surface area contributed by atoms with Gasteiger partial charge in [-0.25, -0.2) is 4.39 Å². The van der Waals surface area contributed by atoms with Crippen molar-refractivity contribution in [1.82, 2.24) is 15.6 Å². The van der Waals surface area contributed by atoms with E-state index in [0.29, 0.717) is 17.8 Å². The van der Waals surface area contributed by atoms with Gasteiger partial charge >= 0.3 is 0 Å². The van der Waals surface area contributed by atoms with Gasteiger partial charge in [-0.2, -0.15) is 0 Å². The summed E-state index contributed by atoms with van der Waals surface area (Å²) >= 11 is 0. The third-order valence-electron chi connectivity index (χ3n) is 3.47. The van der Waals surface area contributed by atoms with Crippen molar-refractivity contribution in [3.05, 3.63) is 66.1 Å². The topological polar surface area (TPSA) is 71.1 Å². The Labute approximate surface area is 152 Å². The summed E-state index contributed by atoms with van der Waals surface area (Å²) in [5, 5.41) is 5.49. The van der Waals surface area contributed by atoms with Crippen LogP contribution in [0.2, 0.25) is 0 Å². The second kappa shape index (κ2) is 7.91. The number of aromatic nitrogens is 1. The second-order valence-corrected chi connectivity index (χ2v) is 6.87. The molecule has 0 unspecified atom stereocenters. The molecule has 0 fully saturated rings. The molecule has 0 spiro atoms. The maximum Gasteiger partial charge on any atom is 0.251 e. The molecule has 1 aromatic carbocycles. The molecule has 0 radical (unpaired) electrons. The van der Waals surface area contributed by atoms with E-state index in [4.69, 9.17) is 0 Å². The number of hydrogen-bond acceptors (Lipinski definition) is 3. The van der Waals surface area contributed by atoms with Crippen LogP contribution in [-0.2, 0) is 11.3 Å². The van der Waals surface area contributed by atoms with Gasteiger partial charge in [0.15, 0.2) is 0 Å². The first-order valence-electron chi connectivity index (χ1n) is 8.17. The molecule has 1 heterocycles. The Kier molecular flexibility index (Phi) is 5.87. The number of hydrogen-bond donors (Lipinski definition) is 2. The highest BCUT2D eigenvalue weighted by Crippen LogP contribution is 2.23. The van der Waals surface area contributed by atoms with E-state index in [9.17, 15) is 14.0 Å². The molecule has 5 nitrogen and oxygen atoms in total. The zero-order valence-corrected chi connectivity index (χ0v) is 15.1. The first kappa shape index (κ1) is 19.3. The molecule has 6 heteroatoms. The minimum Gasteiger partial charge on any atom is -0.348 e. The van der Waals surface area contributed by atoms with Crippen LogP contribution in [-0.4, -0.2) is 22.3 Å². The Morgan fingerprint density at radius 3 is 2.54 bits per heavy atom. The van der Waals surface area contributed by atoms with Gasteiger partial charge in [0.25, 0.3) is 5.91 Å². The standard InChI is InChI=1S/C20H22FN3O2/c1-5-18(25)23-12-13-6-9-17(22-11-13)15-10-14(7-8-16(15)21)19(26)24-20(2,3)4/h5-11H,1,12H2,2-4H3,(H,23,25)(H,24,26). The third-order valence-corrected chi connectivity index (χ3v) is 3.47. The molecule has 136 valence electrons. The molecular formula is C20H22FN3O2. The van der Waals surface area contributed by atoms with Crippen molar-refractivity contribution in [3.63, 3.8) is 0 Å². The molecule has 0 aliphatic rings. The summed E-state index contributed by atoms with van der Waals surface area (Å²) in [5.41, 5.74) is 1.40. The lowest BCUT2D eigenvalue weighted by atomic mass is 10.0. The highest BCUT2D eigenvalue weighted by atomic mass is 19.1. The zero-order valence-electron chi connectivity index (χ0n) is 15.1. The molecular weight excluding hydrogens is 333 g/mol. The van der Waals surface area contributed by atoms with Gasteiger partial charge in [-0.05, 0) is 56.7 Å². The number of benzene rings is 1. The highest BCUT2D eigenvalue weighted by molar-refractivity contribution is 5.95. The van der Waals surface area contributed by atoms with Gasteiger partial charge in [-0.15, -0.1) is 0 Å². The first-order valence-corrected chi connectivity index (χ1v) is 8.17. The first-order chi connectivity index (χ1) is 12.2. The number of halogens is 1. The predicted molar refractivity (Wildman–Crippen MR) is 98.9 cm³/mol. The second-order valence-electron chi connectivity index (χ2n) is 6.87. The van der Waals surface area contributed by atoms with Crippen molar-refractivity contribution in [1.29, 1.82) is 0 Å². The minimum atomic E-state index is -0.461. The van der Waals surface area contributed by atoms with Gasteiger partial charge in [0.2, 0.25) is 5.91 Å². The van der Waals surface area contributed by atoms with E-state index >= 15 is 0 Å². The third kappa shape index (κ3) is 5.24. The van der Waals surface area contributed by atoms with Gasteiger partial charge in [-0.3, -0.25) is 14.6 Å². The van der Waals surface area contributed by atoms with Crippen LogP contribution in [0.25, 0.3) is 11.3 Å². The SMILES string of the molecule is C=CC(=O)NCc1ccc(-c2cc(C(=O)NC(C)(C)C)ccc2F)nc1. The van der Waals surface area contributed by atoms with Gasteiger partial charge in [0, 0.05) is 29.4 Å². The van der Waals surface area contributed by atoms with E-state index in [1.54, 1.807) is 18.3 Å². The predicted octanol–water partition coefficient (Wildman–Crippen LogP) is 3.22. The summed E-state index contributed by atoms with van der Waals surface area (Å²) in [6, 6.07) is 7.58. The van der Waals surface area contributed by atoms with Crippen molar-refractivity contribution >= 4 is 11.8 Å². The molecule has 0 saturated carbocycles. The fourth-order valence-corrected chi connectivity index (χ4v) is 2.23. The fourth-order valence-electron chi connectivity index (χ4n) is 2.23. The van der Waals surface area contributed by atoms with Gasteiger partial charge < -0.3 is 10.6 Å². The molecule has 2 aromatic rings. The largest absolute Gasteiger partial charge is 0.348 e. The molecule has 1 aromatic heterocycles. The average Bonchev–Trinajstić information content (AvgIpc) is 2.59. The number of amides is 2. The maximum absolute atomic E-state index is 14.2. The number of nitrogens with one attached hydrogen (secondary N) is 2. The molecule has 0 aliphatic heterocycles. The summed E-state index contributed by atoms with van der Waals surface area (Å²) < 4.78 is 14.2. The quantitative estimate of drug-likeness (QED) is 0.809. The monoisotopic (exact) mass is 355 g/mol. The van der Waals surface area contributed by atoms with Crippen molar-refractivity contribution in [2.75, 3.05) is 0 Å². The Morgan fingerprint density at radius 2 is 1.96 bits per heavy atom. The summed E-state index contributed by atoms with van der Waals surface area (Å²) in [4.78, 5) is 27.7. The van der Waals surface area contributed by atoms with Crippen LogP contribution in [0.3, 0.4) is 0 Å². The smallest absolute Gasteiger partial charge is 0.251 e. The van der Waals surface area contributed by atoms with Crippen molar-refractivity contribution < 1.29 is 14.0 Å². The Bertz CT molecular complexity index is 824. The van der Waals surface area contributed by atoms with Crippen LogP contribution in [0.1, 0.15) is 36.7 Å². The lowest BCUT2D eigenvalue weighted by molar-refractivity contribution is -0.116. The number of nitrogens with zero attached hydrogens (tertiary/aromatic N) is 1. The summed E-state index contributed by atoms with van der Waals surface area (Å²) in [5.74, 6) is -1.02. The highest BCUT2D eigenvalue weighted by Gasteiger charge is 2.17. The van der Waals surface area contributed by atoms with E-state index in [1.165, 1.54) is 24.3 Å². The van der Waals surface area contributed by atoms with E-state index in [-0.39, 0.29) is 22.9 Å². The van der Waals surface area contributed by atoms with E-state index in [2.05, 4.69) is 22.2 Å². The summed E-state index contributed by atoms with van der Waals surface area (Å²) in [6.45, 7) is 9.31. The van der Waals surface area contributed by atoms with Crippen LogP contribution in [0.5, 0.6) is 0 Å². The van der Waals surface area contributed by atoms with Crippen LogP contribution < -0.4 is 10.6 Å². The van der Waals surface area contributed by atoms with Crippen molar-refractivity contribution in [2.45, 2.75) is 32.9 Å². The van der Waals surface area contributed by atoms with Crippen LogP contribution >= 0.6 is 0 Å². The zero-order chi connectivity index (χ0) is 19.3. The molecule has 0 aliphatic carbocycles. The fraction of sp³-hybridized carbons (Fsp3) is 0.250. The number of carbonyl (C=O) groups excluding carboxylic acids is 2.